The van der Waals surface area contributed by atoms with E-state index in [1.54, 1.807) is 18.2 Å². The number of hydrogen-bond donors (Lipinski definition) is 2. The highest BCUT2D eigenvalue weighted by Gasteiger charge is 2.22. The van der Waals surface area contributed by atoms with Crippen LogP contribution in [0.1, 0.15) is 6.42 Å². The fourth-order valence-electron chi connectivity index (χ4n) is 1.68. The predicted molar refractivity (Wildman–Crippen MR) is 56.0 cm³/mol. The van der Waals surface area contributed by atoms with Crippen LogP contribution < -0.4 is 10.6 Å². The Labute approximate surface area is 87.7 Å². The van der Waals surface area contributed by atoms with Gasteiger partial charge in [-0.2, -0.15) is 0 Å². The molecule has 1 heterocycles. The Bertz CT molecular complexity index is 361. The Hall–Kier alpha value is -1.42. The smallest absolute Gasteiger partial charge is 0.228 e. The van der Waals surface area contributed by atoms with Gasteiger partial charge in [-0.25, -0.2) is 4.39 Å². The largest absolute Gasteiger partial charge is 0.323 e. The second kappa shape index (κ2) is 4.40. The van der Waals surface area contributed by atoms with Gasteiger partial charge in [0.2, 0.25) is 5.91 Å². The van der Waals surface area contributed by atoms with E-state index in [0.717, 1.165) is 13.0 Å². The molecule has 0 radical (unpaired) electrons. The van der Waals surface area contributed by atoms with Gasteiger partial charge in [0.15, 0.2) is 0 Å². The van der Waals surface area contributed by atoms with E-state index in [4.69, 9.17) is 0 Å². The second-order valence-corrected chi connectivity index (χ2v) is 3.66. The normalized spacial score (nSPS) is 20.2. The highest BCUT2D eigenvalue weighted by molar-refractivity contribution is 5.92. The van der Waals surface area contributed by atoms with Gasteiger partial charge in [-0.1, -0.05) is 12.1 Å². The first kappa shape index (κ1) is 10.1. The molecule has 1 unspecified atom stereocenters. The molecule has 1 amide bonds. The Morgan fingerprint density at radius 2 is 2.27 bits per heavy atom. The number of carbonyl (C=O) groups is 1. The van der Waals surface area contributed by atoms with Crippen LogP contribution in [0.15, 0.2) is 24.3 Å². The minimum Gasteiger partial charge on any atom is -0.323 e. The van der Waals surface area contributed by atoms with Gasteiger partial charge < -0.3 is 10.6 Å². The second-order valence-electron chi connectivity index (χ2n) is 3.66. The topological polar surface area (TPSA) is 41.1 Å². The van der Waals surface area contributed by atoms with Crippen LogP contribution in [0, 0.1) is 11.7 Å². The number of anilines is 1. The fraction of sp³-hybridized carbons (Fsp3) is 0.364. The number of amides is 1. The zero-order valence-electron chi connectivity index (χ0n) is 8.29. The summed E-state index contributed by atoms with van der Waals surface area (Å²) in [6.45, 7) is 1.54. The van der Waals surface area contributed by atoms with Gasteiger partial charge >= 0.3 is 0 Å². The van der Waals surface area contributed by atoms with Crippen molar-refractivity contribution in [1.29, 1.82) is 0 Å². The lowest BCUT2D eigenvalue weighted by Crippen LogP contribution is -2.25. The Morgan fingerprint density at radius 3 is 2.93 bits per heavy atom. The molecule has 15 heavy (non-hydrogen) atoms. The fourth-order valence-corrected chi connectivity index (χ4v) is 1.68. The van der Waals surface area contributed by atoms with E-state index in [-0.39, 0.29) is 17.5 Å². The van der Waals surface area contributed by atoms with Gasteiger partial charge in [-0.3, -0.25) is 4.79 Å². The molecule has 1 fully saturated rings. The summed E-state index contributed by atoms with van der Waals surface area (Å²) in [6, 6.07) is 6.20. The molecule has 0 spiro atoms. The first-order chi connectivity index (χ1) is 7.27. The molecule has 1 aliphatic rings. The number of nitrogens with one attached hydrogen (secondary N) is 2. The van der Waals surface area contributed by atoms with E-state index >= 15 is 0 Å². The molecule has 0 aromatic heterocycles. The number of hydrogen-bond acceptors (Lipinski definition) is 2. The quantitative estimate of drug-likeness (QED) is 0.770. The molecule has 1 aromatic rings. The molecule has 3 nitrogen and oxygen atoms in total. The summed E-state index contributed by atoms with van der Waals surface area (Å²) in [5.74, 6) is -0.536. The maximum atomic E-state index is 13.2. The zero-order valence-corrected chi connectivity index (χ0v) is 8.29. The average Bonchev–Trinajstić information content (AvgIpc) is 2.74. The van der Waals surface area contributed by atoms with E-state index in [0.29, 0.717) is 6.54 Å². The third-order valence-electron chi connectivity index (χ3n) is 2.56. The summed E-state index contributed by atoms with van der Waals surface area (Å²) in [5, 5.41) is 5.70. The molecule has 1 aliphatic heterocycles. The summed E-state index contributed by atoms with van der Waals surface area (Å²) in [4.78, 5) is 11.6. The van der Waals surface area contributed by atoms with Crippen LogP contribution in [0.4, 0.5) is 10.1 Å². The summed E-state index contributed by atoms with van der Waals surface area (Å²) < 4.78 is 13.2. The first-order valence-electron chi connectivity index (χ1n) is 5.03. The molecular weight excluding hydrogens is 195 g/mol. The number of halogens is 1. The van der Waals surface area contributed by atoms with Crippen molar-refractivity contribution in [3.8, 4) is 0 Å². The number of para-hydroxylation sites is 1. The predicted octanol–water partition coefficient (Wildman–Crippen LogP) is 1.37. The Kier molecular flexibility index (Phi) is 2.97. The summed E-state index contributed by atoms with van der Waals surface area (Å²) >= 11 is 0. The van der Waals surface area contributed by atoms with Crippen molar-refractivity contribution >= 4 is 11.6 Å². The molecular formula is C11H13FN2O. The number of carbonyl (C=O) groups excluding carboxylic acids is 1. The Balaban J connectivity index is 2.02. The van der Waals surface area contributed by atoms with Crippen molar-refractivity contribution in [3.63, 3.8) is 0 Å². The lowest BCUT2D eigenvalue weighted by atomic mass is 10.1. The summed E-state index contributed by atoms with van der Waals surface area (Å²) in [5.41, 5.74) is 0.259. The van der Waals surface area contributed by atoms with Gasteiger partial charge in [0.25, 0.3) is 0 Å². The molecule has 1 saturated heterocycles. The van der Waals surface area contributed by atoms with Crippen molar-refractivity contribution in [3.05, 3.63) is 30.1 Å². The van der Waals surface area contributed by atoms with Crippen LogP contribution in [-0.4, -0.2) is 19.0 Å². The minimum absolute atomic E-state index is 0.0374. The summed E-state index contributed by atoms with van der Waals surface area (Å²) in [7, 11) is 0. The molecule has 80 valence electrons. The highest BCUT2D eigenvalue weighted by atomic mass is 19.1. The van der Waals surface area contributed by atoms with Crippen molar-refractivity contribution in [2.45, 2.75) is 6.42 Å². The highest BCUT2D eigenvalue weighted by Crippen LogP contribution is 2.15. The van der Waals surface area contributed by atoms with Crippen molar-refractivity contribution < 1.29 is 9.18 Å². The average molecular weight is 208 g/mol. The van der Waals surface area contributed by atoms with E-state index < -0.39 is 5.82 Å². The van der Waals surface area contributed by atoms with E-state index in [9.17, 15) is 9.18 Å². The zero-order chi connectivity index (χ0) is 10.7. The van der Waals surface area contributed by atoms with Crippen LogP contribution in [0.5, 0.6) is 0 Å². The molecule has 2 N–H and O–H groups in total. The lowest BCUT2D eigenvalue weighted by Gasteiger charge is -2.10. The van der Waals surface area contributed by atoms with Crippen molar-refractivity contribution in [2.24, 2.45) is 5.92 Å². The van der Waals surface area contributed by atoms with Gasteiger partial charge in [0.1, 0.15) is 5.82 Å². The molecule has 4 heteroatoms. The standard InChI is InChI=1S/C11H13FN2O/c12-9-3-1-2-4-10(9)14-11(15)8-5-6-13-7-8/h1-4,8,13H,5-7H2,(H,14,15). The minimum atomic E-state index is -0.392. The van der Waals surface area contributed by atoms with Crippen LogP contribution in [0.25, 0.3) is 0 Å². The van der Waals surface area contributed by atoms with Crippen LogP contribution in [0.3, 0.4) is 0 Å². The van der Waals surface area contributed by atoms with Crippen LogP contribution in [-0.2, 0) is 4.79 Å². The first-order valence-corrected chi connectivity index (χ1v) is 5.03. The van der Waals surface area contributed by atoms with Crippen molar-refractivity contribution in [2.75, 3.05) is 18.4 Å². The molecule has 2 rings (SSSR count). The van der Waals surface area contributed by atoms with E-state index in [1.165, 1.54) is 6.07 Å². The summed E-state index contributed by atoms with van der Waals surface area (Å²) in [6.07, 6.45) is 0.820. The maximum Gasteiger partial charge on any atom is 0.228 e. The molecule has 0 saturated carbocycles. The van der Waals surface area contributed by atoms with E-state index in [1.807, 2.05) is 0 Å². The molecule has 1 atom stereocenters. The van der Waals surface area contributed by atoms with E-state index in [2.05, 4.69) is 10.6 Å². The van der Waals surface area contributed by atoms with Crippen LogP contribution >= 0.6 is 0 Å². The van der Waals surface area contributed by atoms with Gasteiger partial charge in [0.05, 0.1) is 11.6 Å². The third kappa shape index (κ3) is 2.33. The third-order valence-corrected chi connectivity index (χ3v) is 2.56. The van der Waals surface area contributed by atoms with Crippen molar-refractivity contribution in [1.82, 2.24) is 5.32 Å². The maximum absolute atomic E-state index is 13.2. The molecule has 0 bridgehead atoms. The van der Waals surface area contributed by atoms with Gasteiger partial charge in [-0.05, 0) is 25.1 Å². The lowest BCUT2D eigenvalue weighted by molar-refractivity contribution is -0.119. The Morgan fingerprint density at radius 1 is 1.47 bits per heavy atom. The number of rotatable bonds is 2. The monoisotopic (exact) mass is 208 g/mol. The molecule has 0 aliphatic carbocycles. The SMILES string of the molecule is O=C(Nc1ccccc1F)C1CCNC1. The van der Waals surface area contributed by atoms with Crippen LogP contribution in [0.2, 0.25) is 0 Å². The molecule has 1 aromatic carbocycles. The van der Waals surface area contributed by atoms with Gasteiger partial charge in [-0.15, -0.1) is 0 Å². The number of benzene rings is 1. The van der Waals surface area contributed by atoms with Gasteiger partial charge in [0, 0.05) is 6.54 Å².